The number of aromatic amines is 1. The van der Waals surface area contributed by atoms with Gasteiger partial charge < -0.3 is 35.7 Å². The Morgan fingerprint density at radius 1 is 0.848 bits per heavy atom. The van der Waals surface area contributed by atoms with Gasteiger partial charge in [0, 0.05) is 57.5 Å². The Labute approximate surface area is 204 Å². The summed E-state index contributed by atoms with van der Waals surface area (Å²) in [5.74, 6) is 0.800. The number of nitrogens with one attached hydrogen (secondary N) is 5. The summed E-state index contributed by atoms with van der Waals surface area (Å²) in [5.41, 5.74) is 4.62. The SMILES string of the molecule is COCCCNC(=S)Nc1ccc(-c2nc3ccc(NC(=S)NCCCOC)cc3[nH]2)cc1. The van der Waals surface area contributed by atoms with Crippen molar-refractivity contribution in [1.82, 2.24) is 20.6 Å². The summed E-state index contributed by atoms with van der Waals surface area (Å²) >= 11 is 10.7. The van der Waals surface area contributed by atoms with Crippen LogP contribution in [0.4, 0.5) is 11.4 Å². The van der Waals surface area contributed by atoms with Crippen molar-refractivity contribution in [2.75, 3.05) is 51.2 Å². The second kappa shape index (κ2) is 13.0. The van der Waals surface area contributed by atoms with Gasteiger partial charge in [0.05, 0.1) is 11.0 Å². The number of hydrogen-bond acceptors (Lipinski definition) is 5. The lowest BCUT2D eigenvalue weighted by molar-refractivity contribution is 0.195. The molecule has 0 amide bonds. The Bertz CT molecular complexity index is 1050. The standard InChI is InChI=1S/C23H30N6O2S2/c1-30-13-3-11-24-22(32)26-17-7-5-16(6-8-17)21-28-19-10-9-18(15-20(19)29-21)27-23(33)25-12-4-14-31-2/h5-10,15H,3-4,11-14H2,1-2H3,(H,28,29)(H2,24,26,32)(H2,25,27,33). The van der Waals surface area contributed by atoms with Gasteiger partial charge in [-0.05, 0) is 79.7 Å². The lowest BCUT2D eigenvalue weighted by atomic mass is 10.2. The fourth-order valence-electron chi connectivity index (χ4n) is 3.12. The van der Waals surface area contributed by atoms with Gasteiger partial charge in [-0.15, -0.1) is 0 Å². The van der Waals surface area contributed by atoms with Gasteiger partial charge >= 0.3 is 0 Å². The molecule has 0 atom stereocenters. The third-order valence-electron chi connectivity index (χ3n) is 4.78. The van der Waals surface area contributed by atoms with Gasteiger partial charge in [0.25, 0.3) is 0 Å². The van der Waals surface area contributed by atoms with E-state index in [2.05, 4.69) is 26.3 Å². The summed E-state index contributed by atoms with van der Waals surface area (Å²) in [4.78, 5) is 8.09. The zero-order valence-electron chi connectivity index (χ0n) is 18.9. The Hall–Kier alpha value is -2.79. The van der Waals surface area contributed by atoms with Crippen LogP contribution in [0.5, 0.6) is 0 Å². The van der Waals surface area contributed by atoms with Crippen molar-refractivity contribution in [3.63, 3.8) is 0 Å². The van der Waals surface area contributed by atoms with Gasteiger partial charge in [0.2, 0.25) is 0 Å². The van der Waals surface area contributed by atoms with Crippen LogP contribution in [0.3, 0.4) is 0 Å². The van der Waals surface area contributed by atoms with Crippen LogP contribution in [0, 0.1) is 0 Å². The van der Waals surface area contributed by atoms with E-state index >= 15 is 0 Å². The Balaban J connectivity index is 1.57. The molecule has 8 nitrogen and oxygen atoms in total. The third kappa shape index (κ3) is 7.93. The van der Waals surface area contributed by atoms with Crippen molar-refractivity contribution in [2.45, 2.75) is 12.8 Å². The molecule has 2 aromatic carbocycles. The van der Waals surface area contributed by atoms with Crippen LogP contribution in [-0.2, 0) is 9.47 Å². The second-order valence-corrected chi connectivity index (χ2v) is 8.17. The number of imidazole rings is 1. The highest BCUT2D eigenvalue weighted by molar-refractivity contribution is 7.80. The van der Waals surface area contributed by atoms with Gasteiger partial charge in [-0.25, -0.2) is 4.98 Å². The number of methoxy groups -OCH3 is 2. The van der Waals surface area contributed by atoms with Crippen molar-refractivity contribution < 1.29 is 9.47 Å². The molecule has 3 aromatic rings. The molecule has 1 aromatic heterocycles. The van der Waals surface area contributed by atoms with E-state index in [0.29, 0.717) is 23.4 Å². The van der Waals surface area contributed by atoms with Gasteiger partial charge in [0.15, 0.2) is 10.2 Å². The number of nitrogens with zero attached hydrogens (tertiary/aromatic N) is 1. The van der Waals surface area contributed by atoms with Crippen LogP contribution in [0.1, 0.15) is 12.8 Å². The summed E-state index contributed by atoms with van der Waals surface area (Å²) in [6.07, 6.45) is 1.80. The normalized spacial score (nSPS) is 10.7. The maximum atomic E-state index is 5.35. The minimum absolute atomic E-state index is 0.583. The average Bonchev–Trinajstić information content (AvgIpc) is 3.23. The zero-order valence-corrected chi connectivity index (χ0v) is 20.5. The van der Waals surface area contributed by atoms with Gasteiger partial charge in [-0.3, -0.25) is 0 Å². The summed E-state index contributed by atoms with van der Waals surface area (Å²) < 4.78 is 10.1. The monoisotopic (exact) mass is 486 g/mol. The van der Waals surface area contributed by atoms with Gasteiger partial charge in [-0.2, -0.15) is 0 Å². The molecule has 3 rings (SSSR count). The molecule has 0 saturated carbocycles. The smallest absolute Gasteiger partial charge is 0.170 e. The largest absolute Gasteiger partial charge is 0.385 e. The van der Waals surface area contributed by atoms with E-state index in [1.807, 2.05) is 42.5 Å². The molecule has 0 fully saturated rings. The molecule has 1 heterocycles. The van der Waals surface area contributed by atoms with E-state index in [9.17, 15) is 0 Å². The fourth-order valence-corrected chi connectivity index (χ4v) is 3.56. The Morgan fingerprint density at radius 2 is 1.42 bits per heavy atom. The first-order valence-electron chi connectivity index (χ1n) is 10.8. The van der Waals surface area contributed by atoms with E-state index in [0.717, 1.165) is 59.7 Å². The third-order valence-corrected chi connectivity index (χ3v) is 5.27. The maximum absolute atomic E-state index is 5.35. The maximum Gasteiger partial charge on any atom is 0.170 e. The van der Waals surface area contributed by atoms with Crippen LogP contribution < -0.4 is 21.3 Å². The fraction of sp³-hybridized carbons (Fsp3) is 0.348. The van der Waals surface area contributed by atoms with E-state index in [1.54, 1.807) is 14.2 Å². The lowest BCUT2D eigenvalue weighted by Crippen LogP contribution is -2.29. The first-order valence-corrected chi connectivity index (χ1v) is 11.6. The van der Waals surface area contributed by atoms with Crippen molar-refractivity contribution in [1.29, 1.82) is 0 Å². The highest BCUT2D eigenvalue weighted by Gasteiger charge is 2.07. The minimum atomic E-state index is 0.583. The molecule has 0 unspecified atom stereocenters. The molecule has 0 saturated heterocycles. The number of benzene rings is 2. The topological polar surface area (TPSA) is 95.3 Å². The molecule has 0 aliphatic rings. The molecule has 5 N–H and O–H groups in total. The van der Waals surface area contributed by atoms with E-state index in [1.165, 1.54) is 0 Å². The molecular formula is C23H30N6O2S2. The molecule has 176 valence electrons. The number of thiocarbonyl (C=S) groups is 2. The minimum Gasteiger partial charge on any atom is -0.385 e. The number of hydrogen-bond donors (Lipinski definition) is 5. The van der Waals surface area contributed by atoms with Crippen molar-refractivity contribution in [2.24, 2.45) is 0 Å². The van der Waals surface area contributed by atoms with E-state index in [4.69, 9.17) is 38.9 Å². The number of aromatic nitrogens is 2. The van der Waals surface area contributed by atoms with Crippen LogP contribution in [-0.4, -0.2) is 60.7 Å². The van der Waals surface area contributed by atoms with Crippen molar-refractivity contribution in [3.05, 3.63) is 42.5 Å². The predicted molar refractivity (Wildman–Crippen MR) is 143 cm³/mol. The molecule has 0 radical (unpaired) electrons. The zero-order chi connectivity index (χ0) is 23.5. The summed E-state index contributed by atoms with van der Waals surface area (Å²) in [5, 5.41) is 13.9. The van der Waals surface area contributed by atoms with Crippen molar-refractivity contribution >= 4 is 57.1 Å². The highest BCUT2D eigenvalue weighted by atomic mass is 32.1. The Kier molecular flexibility index (Phi) is 9.82. The van der Waals surface area contributed by atoms with Crippen LogP contribution in [0.2, 0.25) is 0 Å². The molecule has 0 aliphatic heterocycles. The Morgan fingerprint density at radius 3 is 2.03 bits per heavy atom. The van der Waals surface area contributed by atoms with E-state index < -0.39 is 0 Å². The van der Waals surface area contributed by atoms with E-state index in [-0.39, 0.29) is 0 Å². The second-order valence-electron chi connectivity index (χ2n) is 7.35. The summed E-state index contributed by atoms with van der Waals surface area (Å²) in [6.45, 7) is 2.93. The molecule has 0 aliphatic carbocycles. The molecule has 10 heteroatoms. The molecule has 0 bridgehead atoms. The lowest BCUT2D eigenvalue weighted by Gasteiger charge is -2.10. The predicted octanol–water partition coefficient (Wildman–Crippen LogP) is 3.88. The summed E-state index contributed by atoms with van der Waals surface area (Å²) in [7, 11) is 3.38. The van der Waals surface area contributed by atoms with Crippen LogP contribution in [0.15, 0.2) is 42.5 Å². The molecule has 33 heavy (non-hydrogen) atoms. The molecular weight excluding hydrogens is 456 g/mol. The van der Waals surface area contributed by atoms with Crippen LogP contribution in [0.25, 0.3) is 22.4 Å². The number of rotatable bonds is 11. The average molecular weight is 487 g/mol. The van der Waals surface area contributed by atoms with Crippen molar-refractivity contribution in [3.8, 4) is 11.4 Å². The first-order chi connectivity index (χ1) is 16.1. The first kappa shape index (κ1) is 24.8. The molecule has 0 spiro atoms. The van der Waals surface area contributed by atoms with Gasteiger partial charge in [0.1, 0.15) is 5.82 Å². The summed E-state index contributed by atoms with van der Waals surface area (Å²) in [6, 6.07) is 13.9. The quantitative estimate of drug-likeness (QED) is 0.204. The number of fused-ring (bicyclic) bond motifs is 1. The highest BCUT2D eigenvalue weighted by Crippen LogP contribution is 2.24. The van der Waals surface area contributed by atoms with Gasteiger partial charge in [-0.1, -0.05) is 0 Å². The van der Waals surface area contributed by atoms with Crippen LogP contribution >= 0.6 is 24.4 Å². The number of ether oxygens (including phenoxy) is 2. The number of anilines is 2. The number of H-pyrrole nitrogens is 1.